The molecule has 1 unspecified atom stereocenters. The highest BCUT2D eigenvalue weighted by Gasteiger charge is 2.27. The third kappa shape index (κ3) is 2.44. The Bertz CT molecular complexity index is 1350. The molecule has 3 nitrogen and oxygen atoms in total. The molecule has 0 aliphatic carbocycles. The van der Waals surface area contributed by atoms with Gasteiger partial charge in [-0.2, -0.15) is 0 Å². The van der Waals surface area contributed by atoms with Crippen LogP contribution in [0, 0.1) is 6.92 Å². The zero-order valence-corrected chi connectivity index (χ0v) is 16.1. The summed E-state index contributed by atoms with van der Waals surface area (Å²) in [6.45, 7) is 2.12. The SMILES string of the molecule is Cc1ccc(-n2c3ccccc3c3c4c(ccc32)NC(c2ccccc2)O4)cc1. The first-order valence-electron chi connectivity index (χ1n) is 9.91. The molecule has 0 bridgehead atoms. The molecule has 0 spiro atoms. The number of hydrogen-bond donors (Lipinski definition) is 1. The summed E-state index contributed by atoms with van der Waals surface area (Å²) >= 11 is 0. The summed E-state index contributed by atoms with van der Waals surface area (Å²) in [5.41, 5.74) is 6.93. The number of hydrogen-bond acceptors (Lipinski definition) is 2. The van der Waals surface area contributed by atoms with Gasteiger partial charge in [0.2, 0.25) is 0 Å². The molecule has 0 saturated carbocycles. The Morgan fingerprint density at radius 2 is 1.52 bits per heavy atom. The molecular weight excluding hydrogens is 356 g/mol. The second-order valence-corrected chi connectivity index (χ2v) is 7.58. The fourth-order valence-corrected chi connectivity index (χ4v) is 4.30. The first-order chi connectivity index (χ1) is 14.3. The van der Waals surface area contributed by atoms with Gasteiger partial charge in [-0.3, -0.25) is 0 Å². The Morgan fingerprint density at radius 3 is 2.34 bits per heavy atom. The van der Waals surface area contributed by atoms with Crippen molar-refractivity contribution >= 4 is 27.5 Å². The van der Waals surface area contributed by atoms with Gasteiger partial charge in [0, 0.05) is 16.6 Å². The van der Waals surface area contributed by atoms with Gasteiger partial charge < -0.3 is 14.6 Å². The van der Waals surface area contributed by atoms with E-state index in [1.807, 2.05) is 18.2 Å². The molecule has 0 amide bonds. The molecule has 1 atom stereocenters. The highest BCUT2D eigenvalue weighted by molar-refractivity contribution is 6.14. The number of ether oxygens (including phenoxy) is 1. The average molecular weight is 376 g/mol. The molecule has 4 aromatic carbocycles. The molecule has 0 saturated heterocycles. The van der Waals surface area contributed by atoms with E-state index in [1.54, 1.807) is 0 Å². The van der Waals surface area contributed by atoms with Crippen molar-refractivity contribution in [1.29, 1.82) is 0 Å². The Balaban J connectivity index is 1.60. The quantitative estimate of drug-likeness (QED) is 0.376. The van der Waals surface area contributed by atoms with Crippen molar-refractivity contribution in [3.8, 4) is 11.4 Å². The summed E-state index contributed by atoms with van der Waals surface area (Å²) in [7, 11) is 0. The molecule has 140 valence electrons. The van der Waals surface area contributed by atoms with E-state index in [9.17, 15) is 0 Å². The van der Waals surface area contributed by atoms with E-state index in [4.69, 9.17) is 4.74 Å². The number of aryl methyl sites for hydroxylation is 1. The lowest BCUT2D eigenvalue weighted by Crippen LogP contribution is -2.09. The lowest BCUT2D eigenvalue weighted by molar-refractivity contribution is 0.263. The van der Waals surface area contributed by atoms with Gasteiger partial charge in [-0.05, 0) is 37.3 Å². The van der Waals surface area contributed by atoms with Crippen LogP contribution in [-0.4, -0.2) is 4.57 Å². The number of aromatic nitrogens is 1. The average Bonchev–Trinajstić information content (AvgIpc) is 3.34. The van der Waals surface area contributed by atoms with Crippen molar-refractivity contribution in [3.05, 3.63) is 102 Å². The van der Waals surface area contributed by atoms with Crippen LogP contribution in [0.3, 0.4) is 0 Å². The van der Waals surface area contributed by atoms with Gasteiger partial charge in [0.25, 0.3) is 0 Å². The van der Waals surface area contributed by atoms with Crippen LogP contribution in [0.5, 0.6) is 5.75 Å². The van der Waals surface area contributed by atoms with Gasteiger partial charge in [0.15, 0.2) is 12.0 Å². The molecule has 1 aliphatic rings. The van der Waals surface area contributed by atoms with Crippen LogP contribution in [0.1, 0.15) is 17.4 Å². The summed E-state index contributed by atoms with van der Waals surface area (Å²) < 4.78 is 8.78. The lowest BCUT2D eigenvalue weighted by Gasteiger charge is -2.11. The molecule has 1 N–H and O–H groups in total. The Morgan fingerprint density at radius 1 is 0.759 bits per heavy atom. The summed E-state index contributed by atoms with van der Waals surface area (Å²) in [6, 6.07) is 31.9. The van der Waals surface area contributed by atoms with Crippen LogP contribution >= 0.6 is 0 Å². The van der Waals surface area contributed by atoms with E-state index in [0.29, 0.717) is 0 Å². The maximum atomic E-state index is 6.46. The smallest absolute Gasteiger partial charge is 0.196 e. The minimum Gasteiger partial charge on any atom is -0.464 e. The monoisotopic (exact) mass is 376 g/mol. The van der Waals surface area contributed by atoms with Crippen LogP contribution in [0.15, 0.2) is 91.0 Å². The van der Waals surface area contributed by atoms with Crippen LogP contribution in [-0.2, 0) is 0 Å². The number of rotatable bonds is 2. The van der Waals surface area contributed by atoms with Crippen molar-refractivity contribution in [2.45, 2.75) is 13.2 Å². The molecule has 2 heterocycles. The van der Waals surface area contributed by atoms with Gasteiger partial charge in [0.05, 0.1) is 22.1 Å². The molecule has 5 aromatic rings. The van der Waals surface area contributed by atoms with Gasteiger partial charge >= 0.3 is 0 Å². The molecule has 1 aliphatic heterocycles. The standard InChI is InChI=1S/C26H20N2O/c1-17-11-13-19(14-12-17)28-22-10-6-5-9-20(22)24-23(28)16-15-21-25(24)29-26(27-21)18-7-3-2-4-8-18/h2-16,26-27H,1H3. The summed E-state index contributed by atoms with van der Waals surface area (Å²) in [6.07, 6.45) is -0.168. The maximum Gasteiger partial charge on any atom is 0.196 e. The molecule has 6 rings (SSSR count). The second kappa shape index (κ2) is 6.14. The van der Waals surface area contributed by atoms with Gasteiger partial charge in [-0.25, -0.2) is 0 Å². The zero-order chi connectivity index (χ0) is 19.4. The molecule has 1 aromatic heterocycles. The summed E-state index contributed by atoms with van der Waals surface area (Å²) in [4.78, 5) is 0. The number of nitrogens with one attached hydrogen (secondary N) is 1. The van der Waals surface area contributed by atoms with E-state index >= 15 is 0 Å². The summed E-state index contributed by atoms with van der Waals surface area (Å²) in [5.74, 6) is 0.929. The summed E-state index contributed by atoms with van der Waals surface area (Å²) in [5, 5.41) is 5.89. The van der Waals surface area contributed by atoms with Crippen LogP contribution < -0.4 is 10.1 Å². The normalized spacial score (nSPS) is 15.3. The van der Waals surface area contributed by atoms with Crippen molar-refractivity contribution in [2.24, 2.45) is 0 Å². The second-order valence-electron chi connectivity index (χ2n) is 7.58. The number of nitrogens with zero attached hydrogens (tertiary/aromatic N) is 1. The Hall–Kier alpha value is -3.72. The lowest BCUT2D eigenvalue weighted by atomic mass is 10.1. The predicted molar refractivity (Wildman–Crippen MR) is 119 cm³/mol. The third-order valence-corrected chi connectivity index (χ3v) is 5.71. The number of benzene rings is 4. The van der Waals surface area contributed by atoms with E-state index < -0.39 is 0 Å². The van der Waals surface area contributed by atoms with Gasteiger partial charge in [-0.1, -0.05) is 66.2 Å². The van der Waals surface area contributed by atoms with Crippen molar-refractivity contribution < 1.29 is 4.74 Å². The maximum absolute atomic E-state index is 6.46. The third-order valence-electron chi connectivity index (χ3n) is 5.71. The van der Waals surface area contributed by atoms with Gasteiger partial charge in [-0.15, -0.1) is 0 Å². The van der Waals surface area contributed by atoms with Crippen LogP contribution in [0.4, 0.5) is 5.69 Å². The molecular formula is C26H20N2O. The van der Waals surface area contributed by atoms with E-state index in [2.05, 4.69) is 89.6 Å². The highest BCUT2D eigenvalue weighted by atomic mass is 16.5. The fourth-order valence-electron chi connectivity index (χ4n) is 4.30. The predicted octanol–water partition coefficient (Wildman–Crippen LogP) is 6.60. The molecule has 29 heavy (non-hydrogen) atoms. The van der Waals surface area contributed by atoms with Crippen LogP contribution in [0.25, 0.3) is 27.5 Å². The van der Waals surface area contributed by atoms with E-state index in [-0.39, 0.29) is 6.23 Å². The Kier molecular flexibility index (Phi) is 3.44. The minimum atomic E-state index is -0.168. The number of para-hydroxylation sites is 1. The number of anilines is 1. The molecule has 0 fully saturated rings. The largest absolute Gasteiger partial charge is 0.464 e. The Labute approximate surface area is 169 Å². The van der Waals surface area contributed by atoms with Crippen LogP contribution in [0.2, 0.25) is 0 Å². The molecule has 3 heteroatoms. The van der Waals surface area contributed by atoms with Gasteiger partial charge in [0.1, 0.15) is 0 Å². The molecule has 0 radical (unpaired) electrons. The van der Waals surface area contributed by atoms with Crippen molar-refractivity contribution in [1.82, 2.24) is 4.57 Å². The zero-order valence-electron chi connectivity index (χ0n) is 16.1. The highest BCUT2D eigenvalue weighted by Crippen LogP contribution is 2.47. The van der Waals surface area contributed by atoms with Crippen molar-refractivity contribution in [3.63, 3.8) is 0 Å². The van der Waals surface area contributed by atoms with E-state index in [0.717, 1.165) is 33.6 Å². The first kappa shape index (κ1) is 16.3. The fraction of sp³-hybridized carbons (Fsp3) is 0.0769. The minimum absolute atomic E-state index is 0.168. The first-order valence-corrected chi connectivity index (χ1v) is 9.91. The van der Waals surface area contributed by atoms with E-state index in [1.165, 1.54) is 16.5 Å². The number of fused-ring (bicyclic) bond motifs is 5. The van der Waals surface area contributed by atoms with Crippen molar-refractivity contribution in [2.75, 3.05) is 5.32 Å². The topological polar surface area (TPSA) is 26.2 Å².